The zero-order valence-corrected chi connectivity index (χ0v) is 18.8. The van der Waals surface area contributed by atoms with E-state index in [0.717, 1.165) is 65.1 Å². The highest BCUT2D eigenvalue weighted by Gasteiger charge is 2.45. The highest BCUT2D eigenvalue weighted by atomic mass is 16.5. The lowest BCUT2D eigenvalue weighted by Gasteiger charge is -2.27. The van der Waals surface area contributed by atoms with Gasteiger partial charge in [0.15, 0.2) is 0 Å². The van der Waals surface area contributed by atoms with E-state index in [9.17, 15) is 9.90 Å². The van der Waals surface area contributed by atoms with Gasteiger partial charge in [0.1, 0.15) is 0 Å². The number of carbonyl (C=O) groups excluding carboxylic acids is 1. The molecule has 1 N–H and O–H groups in total. The molecule has 4 fully saturated rings. The van der Waals surface area contributed by atoms with E-state index in [0.29, 0.717) is 29.7 Å². The second kappa shape index (κ2) is 9.60. The molecule has 4 atom stereocenters. The van der Waals surface area contributed by atoms with E-state index in [4.69, 9.17) is 4.74 Å². The molecule has 1 saturated carbocycles. The van der Waals surface area contributed by atoms with Crippen molar-refractivity contribution in [2.75, 3.05) is 46.0 Å². The van der Waals surface area contributed by atoms with Crippen LogP contribution in [0, 0.1) is 17.8 Å². The zero-order valence-electron chi connectivity index (χ0n) is 18.8. The van der Waals surface area contributed by atoms with Crippen molar-refractivity contribution >= 4 is 5.91 Å². The molecule has 5 heteroatoms. The molecule has 1 aromatic rings. The van der Waals surface area contributed by atoms with Crippen LogP contribution in [0.1, 0.15) is 55.6 Å². The molecule has 4 unspecified atom stereocenters. The quantitative estimate of drug-likeness (QED) is 0.760. The normalized spacial score (nSPS) is 32.0. The van der Waals surface area contributed by atoms with Crippen molar-refractivity contribution in [2.24, 2.45) is 17.8 Å². The third kappa shape index (κ3) is 4.55. The number of amides is 1. The summed E-state index contributed by atoms with van der Waals surface area (Å²) < 4.78 is 5.44. The van der Waals surface area contributed by atoms with Gasteiger partial charge in [-0.25, -0.2) is 0 Å². The van der Waals surface area contributed by atoms with Gasteiger partial charge in [0.05, 0.1) is 6.61 Å². The molecule has 3 saturated heterocycles. The van der Waals surface area contributed by atoms with Crippen LogP contribution in [0.5, 0.6) is 0 Å². The summed E-state index contributed by atoms with van der Waals surface area (Å²) in [5.41, 5.74) is 2.86. The average Bonchev–Trinajstić information content (AvgIpc) is 3.54. The molecule has 0 spiro atoms. The van der Waals surface area contributed by atoms with E-state index in [2.05, 4.69) is 34.1 Å². The second-order valence-corrected chi connectivity index (χ2v) is 10.2. The number of ether oxygens (including phenoxy) is 1. The number of aliphatic hydroxyl groups is 1. The Kier molecular flexibility index (Phi) is 6.63. The first kappa shape index (κ1) is 21.4. The molecule has 31 heavy (non-hydrogen) atoms. The maximum absolute atomic E-state index is 13.0. The van der Waals surface area contributed by atoms with Crippen LogP contribution in [0.15, 0.2) is 24.3 Å². The molecule has 1 aliphatic carbocycles. The van der Waals surface area contributed by atoms with Crippen LogP contribution in [0.25, 0.3) is 0 Å². The van der Waals surface area contributed by atoms with Gasteiger partial charge >= 0.3 is 0 Å². The molecular weight excluding hydrogens is 388 g/mol. The number of likely N-dealkylation sites (tertiary alicyclic amines) is 2. The van der Waals surface area contributed by atoms with Crippen molar-refractivity contribution in [1.29, 1.82) is 0 Å². The highest BCUT2D eigenvalue weighted by Crippen LogP contribution is 2.48. The number of nitrogens with zero attached hydrogens (tertiary/aromatic N) is 2. The lowest BCUT2D eigenvalue weighted by atomic mass is 9.86. The molecule has 3 aliphatic heterocycles. The number of hydrogen-bond donors (Lipinski definition) is 1. The van der Waals surface area contributed by atoms with Gasteiger partial charge in [0.25, 0.3) is 0 Å². The molecule has 170 valence electrons. The zero-order chi connectivity index (χ0) is 21.2. The highest BCUT2D eigenvalue weighted by molar-refractivity contribution is 5.79. The van der Waals surface area contributed by atoms with E-state index < -0.39 is 0 Å². The smallest absolute Gasteiger partial charge is 0.225 e. The Labute approximate surface area is 186 Å². The minimum absolute atomic E-state index is 0.186. The molecular formula is C26H38N2O3. The van der Waals surface area contributed by atoms with E-state index >= 15 is 0 Å². The predicted octanol–water partition coefficient (Wildman–Crippen LogP) is 3.06. The van der Waals surface area contributed by atoms with Crippen LogP contribution in [-0.2, 0) is 16.0 Å². The van der Waals surface area contributed by atoms with E-state index in [1.54, 1.807) is 0 Å². The Bertz CT molecular complexity index is 746. The van der Waals surface area contributed by atoms with Crippen molar-refractivity contribution in [1.82, 2.24) is 9.80 Å². The fraction of sp³-hybridized carbons (Fsp3) is 0.731. The minimum Gasteiger partial charge on any atom is -0.395 e. The third-order valence-corrected chi connectivity index (χ3v) is 8.54. The standard InChI is InChI=1S/C26H38N2O3/c29-18-23-2-1-12-27(23)13-9-19-3-5-20(6-4-19)24-8-7-22-16-28(17-25(22)24)26(30)21-10-14-31-15-11-21/h3-6,21-25,29H,1-2,7-18H2. The van der Waals surface area contributed by atoms with Crippen LogP contribution >= 0.6 is 0 Å². The maximum Gasteiger partial charge on any atom is 0.225 e. The molecule has 0 bridgehead atoms. The topological polar surface area (TPSA) is 53.0 Å². The van der Waals surface area contributed by atoms with Gasteiger partial charge in [-0.3, -0.25) is 9.69 Å². The Balaban J connectivity index is 1.17. The first-order valence-corrected chi connectivity index (χ1v) is 12.5. The number of aliphatic hydroxyl groups excluding tert-OH is 1. The van der Waals surface area contributed by atoms with Crippen molar-refractivity contribution in [3.05, 3.63) is 35.4 Å². The van der Waals surface area contributed by atoms with Crippen LogP contribution in [-0.4, -0.2) is 72.9 Å². The summed E-state index contributed by atoms with van der Waals surface area (Å²) in [5, 5.41) is 9.52. The average molecular weight is 427 g/mol. The summed E-state index contributed by atoms with van der Waals surface area (Å²) in [5.74, 6) is 2.48. The van der Waals surface area contributed by atoms with Crippen molar-refractivity contribution in [3.63, 3.8) is 0 Å². The SMILES string of the molecule is O=C(C1CCOCC1)N1CC2CCC(c3ccc(CCN4CCCC4CO)cc3)C2C1. The van der Waals surface area contributed by atoms with E-state index in [1.807, 2.05) is 0 Å². The summed E-state index contributed by atoms with van der Waals surface area (Å²) in [6.07, 6.45) is 7.71. The lowest BCUT2D eigenvalue weighted by molar-refractivity contribution is -0.137. The first-order chi connectivity index (χ1) is 15.2. The van der Waals surface area contributed by atoms with Crippen LogP contribution < -0.4 is 0 Å². The Morgan fingerprint density at radius 2 is 1.84 bits per heavy atom. The summed E-state index contributed by atoms with van der Waals surface area (Å²) in [6, 6.07) is 9.68. The fourth-order valence-corrected chi connectivity index (χ4v) is 6.66. The summed E-state index contributed by atoms with van der Waals surface area (Å²) in [4.78, 5) is 17.6. The first-order valence-electron chi connectivity index (χ1n) is 12.5. The predicted molar refractivity (Wildman–Crippen MR) is 121 cm³/mol. The Morgan fingerprint density at radius 3 is 2.61 bits per heavy atom. The van der Waals surface area contributed by atoms with Crippen LogP contribution in [0.2, 0.25) is 0 Å². The van der Waals surface area contributed by atoms with Gasteiger partial charge in [-0.1, -0.05) is 24.3 Å². The molecule has 5 rings (SSSR count). The second-order valence-electron chi connectivity index (χ2n) is 10.2. The van der Waals surface area contributed by atoms with Crippen LogP contribution in [0.3, 0.4) is 0 Å². The largest absolute Gasteiger partial charge is 0.395 e. The summed E-state index contributed by atoms with van der Waals surface area (Å²) in [7, 11) is 0. The number of hydrogen-bond acceptors (Lipinski definition) is 4. The number of benzene rings is 1. The Hall–Kier alpha value is -1.43. The monoisotopic (exact) mass is 426 g/mol. The number of fused-ring (bicyclic) bond motifs is 1. The molecule has 1 aromatic carbocycles. The van der Waals surface area contributed by atoms with Gasteiger partial charge < -0.3 is 14.7 Å². The molecule has 4 aliphatic rings. The van der Waals surface area contributed by atoms with Gasteiger partial charge in [-0.05, 0) is 80.4 Å². The molecule has 1 amide bonds. The molecule has 3 heterocycles. The number of carbonyl (C=O) groups is 1. The van der Waals surface area contributed by atoms with Crippen molar-refractivity contribution in [3.8, 4) is 0 Å². The minimum atomic E-state index is 0.186. The Morgan fingerprint density at radius 1 is 1.03 bits per heavy atom. The van der Waals surface area contributed by atoms with E-state index in [-0.39, 0.29) is 12.5 Å². The van der Waals surface area contributed by atoms with Gasteiger partial charge in [0.2, 0.25) is 5.91 Å². The van der Waals surface area contributed by atoms with Gasteiger partial charge in [0, 0.05) is 44.8 Å². The van der Waals surface area contributed by atoms with E-state index in [1.165, 1.54) is 30.4 Å². The van der Waals surface area contributed by atoms with Crippen LogP contribution in [0.4, 0.5) is 0 Å². The maximum atomic E-state index is 13.0. The van der Waals surface area contributed by atoms with Crippen molar-refractivity contribution < 1.29 is 14.6 Å². The molecule has 0 aromatic heterocycles. The molecule has 5 nitrogen and oxygen atoms in total. The summed E-state index contributed by atoms with van der Waals surface area (Å²) in [6.45, 7) is 5.85. The lowest BCUT2D eigenvalue weighted by Crippen LogP contribution is -2.37. The van der Waals surface area contributed by atoms with Gasteiger partial charge in [-0.2, -0.15) is 0 Å². The fourth-order valence-electron chi connectivity index (χ4n) is 6.66. The summed E-state index contributed by atoms with van der Waals surface area (Å²) >= 11 is 0. The molecule has 0 radical (unpaired) electrons. The number of rotatable bonds is 6. The van der Waals surface area contributed by atoms with Gasteiger partial charge in [-0.15, -0.1) is 0 Å². The van der Waals surface area contributed by atoms with Crippen molar-refractivity contribution in [2.45, 2.75) is 56.9 Å². The third-order valence-electron chi connectivity index (χ3n) is 8.54.